The van der Waals surface area contributed by atoms with Crippen LogP contribution in [0.2, 0.25) is 0 Å². The summed E-state index contributed by atoms with van der Waals surface area (Å²) in [7, 11) is 0. The third kappa shape index (κ3) is 5.26. The van der Waals surface area contributed by atoms with Crippen molar-refractivity contribution in [2.24, 2.45) is 0 Å². The Hall–Kier alpha value is -2.13. The van der Waals surface area contributed by atoms with Crippen molar-refractivity contribution in [3.63, 3.8) is 0 Å². The van der Waals surface area contributed by atoms with Gasteiger partial charge in [-0.3, -0.25) is 9.69 Å². The third-order valence-corrected chi connectivity index (χ3v) is 6.37. The first-order valence-corrected chi connectivity index (χ1v) is 11.7. The van der Waals surface area contributed by atoms with E-state index in [9.17, 15) is 9.59 Å². The summed E-state index contributed by atoms with van der Waals surface area (Å²) >= 11 is 9.21. The molecule has 2 heterocycles. The van der Waals surface area contributed by atoms with Gasteiger partial charge in [0.2, 0.25) is 0 Å². The molecule has 9 heteroatoms. The van der Waals surface area contributed by atoms with Crippen LogP contribution in [0.4, 0.5) is 4.79 Å². The average molecular weight is 525 g/mol. The van der Waals surface area contributed by atoms with E-state index < -0.39 is 41.4 Å². The Bertz CT molecular complexity index is 917. The van der Waals surface area contributed by atoms with Crippen LogP contribution in [-0.2, 0) is 36.9 Å². The normalized spacial score (nSPS) is 27.0. The lowest BCUT2D eigenvalue weighted by Gasteiger charge is -2.41. The number of rotatable bonds is 8. The van der Waals surface area contributed by atoms with E-state index in [1.807, 2.05) is 60.7 Å². The highest BCUT2D eigenvalue weighted by molar-refractivity contribution is 9.09. The Balaban J connectivity index is 1.49. The molecule has 0 spiro atoms. The molecule has 0 radical (unpaired) electrons. The Labute approximate surface area is 199 Å². The number of carbonyl (C=O) groups excluding carboxylic acids is 2. The van der Waals surface area contributed by atoms with Gasteiger partial charge in [-0.25, -0.2) is 4.79 Å². The quantitative estimate of drug-likeness (QED) is 0.386. The lowest BCUT2D eigenvalue weighted by atomic mass is 9.97. The van der Waals surface area contributed by atoms with Crippen molar-refractivity contribution in [1.29, 1.82) is 0 Å². The predicted octanol–water partition coefficient (Wildman–Crippen LogP) is 3.86. The fourth-order valence-corrected chi connectivity index (χ4v) is 4.85. The number of carbonyl (C=O) groups is 2. The molecule has 2 aliphatic rings. The number of nitrogens with zero attached hydrogens (tertiary/aromatic N) is 1. The number of hydrogen-bond donors (Lipinski definition) is 0. The number of esters is 1. The number of ether oxygens (including phenoxy) is 4. The molecule has 0 unspecified atom stereocenters. The van der Waals surface area contributed by atoms with Crippen molar-refractivity contribution in [3.8, 4) is 0 Å². The van der Waals surface area contributed by atoms with Crippen LogP contribution in [0, 0.1) is 0 Å². The summed E-state index contributed by atoms with van der Waals surface area (Å²) in [5.41, 5.74) is 1.96. The number of halogens is 2. The van der Waals surface area contributed by atoms with Gasteiger partial charge in [-0.05, 0) is 11.1 Å². The highest BCUT2D eigenvalue weighted by Crippen LogP contribution is 2.37. The Morgan fingerprint density at radius 1 is 1.06 bits per heavy atom. The summed E-state index contributed by atoms with van der Waals surface area (Å²) < 4.78 is 23.2. The first-order chi connectivity index (χ1) is 15.6. The molecule has 1 amide bonds. The van der Waals surface area contributed by atoms with Crippen LogP contribution in [0.15, 0.2) is 60.7 Å². The highest BCUT2D eigenvalue weighted by Gasteiger charge is 2.57. The van der Waals surface area contributed by atoms with Gasteiger partial charge < -0.3 is 18.9 Å². The summed E-state index contributed by atoms with van der Waals surface area (Å²) in [6.45, 7) is 0.867. The van der Waals surface area contributed by atoms with Crippen LogP contribution in [0.3, 0.4) is 0 Å². The van der Waals surface area contributed by atoms with Crippen LogP contribution >= 0.6 is 27.5 Å². The second kappa shape index (κ2) is 10.7. The monoisotopic (exact) mass is 523 g/mol. The zero-order valence-corrected chi connectivity index (χ0v) is 19.5. The molecule has 0 aliphatic carbocycles. The van der Waals surface area contributed by atoms with Gasteiger partial charge in [0.15, 0.2) is 12.2 Å². The number of benzene rings is 2. The van der Waals surface area contributed by atoms with Gasteiger partial charge in [0.25, 0.3) is 0 Å². The SMILES string of the molecule is O=C(CCl)O[C@H]1[C@@H]2OC(=O)N(Cc3ccccc3)[C@H]2[C@@H](Br)O[C@@H]1COCc1ccccc1. The van der Waals surface area contributed by atoms with Crippen molar-refractivity contribution in [2.75, 3.05) is 12.5 Å². The fourth-order valence-electron chi connectivity index (χ4n) is 3.92. The van der Waals surface area contributed by atoms with Gasteiger partial charge in [-0.2, -0.15) is 0 Å². The topological polar surface area (TPSA) is 74.3 Å². The molecule has 5 atom stereocenters. The van der Waals surface area contributed by atoms with Gasteiger partial charge in [0.1, 0.15) is 23.0 Å². The highest BCUT2D eigenvalue weighted by atomic mass is 79.9. The molecule has 170 valence electrons. The molecule has 2 saturated heterocycles. The summed E-state index contributed by atoms with van der Waals surface area (Å²) in [5.74, 6) is -0.928. The van der Waals surface area contributed by atoms with Crippen molar-refractivity contribution < 1.29 is 28.5 Å². The predicted molar refractivity (Wildman–Crippen MR) is 120 cm³/mol. The molecule has 0 aromatic heterocycles. The minimum absolute atomic E-state index is 0.149. The first kappa shape index (κ1) is 23.0. The minimum Gasteiger partial charge on any atom is -0.455 e. The van der Waals surface area contributed by atoms with Gasteiger partial charge in [0.05, 0.1) is 13.2 Å². The molecule has 0 N–H and O–H groups in total. The van der Waals surface area contributed by atoms with E-state index in [0.29, 0.717) is 13.2 Å². The van der Waals surface area contributed by atoms with Crippen LogP contribution in [0.5, 0.6) is 0 Å². The molecule has 4 rings (SSSR count). The maximum Gasteiger partial charge on any atom is 0.411 e. The molecule has 0 saturated carbocycles. The van der Waals surface area contributed by atoms with Crippen LogP contribution in [0.1, 0.15) is 11.1 Å². The van der Waals surface area contributed by atoms with E-state index in [4.69, 9.17) is 30.5 Å². The fraction of sp³-hybridized carbons (Fsp3) is 0.391. The average Bonchev–Trinajstić information content (AvgIpc) is 3.14. The summed E-state index contributed by atoms with van der Waals surface area (Å²) in [6.07, 6.45) is -2.70. The number of hydrogen-bond acceptors (Lipinski definition) is 6. The van der Waals surface area contributed by atoms with Gasteiger partial charge in [-0.1, -0.05) is 76.6 Å². The van der Waals surface area contributed by atoms with Crippen molar-refractivity contribution >= 4 is 39.6 Å². The lowest BCUT2D eigenvalue weighted by Crippen LogP contribution is -2.60. The Morgan fingerprint density at radius 3 is 2.38 bits per heavy atom. The second-order valence-corrected chi connectivity index (χ2v) is 8.74. The largest absolute Gasteiger partial charge is 0.455 e. The molecular formula is C23H23BrClNO6. The van der Waals surface area contributed by atoms with Gasteiger partial charge in [-0.15, -0.1) is 11.6 Å². The maximum atomic E-state index is 12.7. The lowest BCUT2D eigenvalue weighted by molar-refractivity contribution is -0.194. The Kier molecular flexibility index (Phi) is 7.67. The van der Waals surface area contributed by atoms with Crippen molar-refractivity contribution in [1.82, 2.24) is 4.90 Å². The Morgan fingerprint density at radius 2 is 1.72 bits per heavy atom. The number of alkyl halides is 2. The van der Waals surface area contributed by atoms with Crippen LogP contribution in [0.25, 0.3) is 0 Å². The summed E-state index contributed by atoms with van der Waals surface area (Å²) in [4.78, 5) is 26.3. The molecule has 2 fully saturated rings. The van der Waals surface area contributed by atoms with E-state index >= 15 is 0 Å². The molecule has 32 heavy (non-hydrogen) atoms. The summed E-state index contributed by atoms with van der Waals surface area (Å²) in [5, 5.41) is -0.529. The first-order valence-electron chi connectivity index (χ1n) is 10.2. The summed E-state index contributed by atoms with van der Waals surface area (Å²) in [6, 6.07) is 18.8. The number of fused-ring (bicyclic) bond motifs is 1. The van der Waals surface area contributed by atoms with Crippen molar-refractivity contribution in [3.05, 3.63) is 71.8 Å². The standard InChI is InChI=1S/C23H23BrClNO6/c24-22-19-21(32-23(28)26(19)12-15-7-3-1-4-8-15)20(31-18(27)11-25)17(30-22)14-29-13-16-9-5-2-6-10-16/h1-10,17,19-22H,11-14H2/t17-,19-,20-,21-,22+/m1/s1. The van der Waals surface area contributed by atoms with E-state index in [-0.39, 0.29) is 12.5 Å². The smallest absolute Gasteiger partial charge is 0.411 e. The molecular weight excluding hydrogens is 502 g/mol. The molecule has 7 nitrogen and oxygen atoms in total. The second-order valence-electron chi connectivity index (χ2n) is 7.57. The van der Waals surface area contributed by atoms with Gasteiger partial charge in [0, 0.05) is 6.54 Å². The van der Waals surface area contributed by atoms with E-state index in [2.05, 4.69) is 15.9 Å². The zero-order valence-electron chi connectivity index (χ0n) is 17.1. The van der Waals surface area contributed by atoms with Gasteiger partial charge >= 0.3 is 12.1 Å². The van der Waals surface area contributed by atoms with E-state index in [1.54, 1.807) is 4.90 Å². The van der Waals surface area contributed by atoms with E-state index in [1.165, 1.54) is 0 Å². The van der Waals surface area contributed by atoms with E-state index in [0.717, 1.165) is 11.1 Å². The zero-order chi connectivity index (χ0) is 22.5. The van der Waals surface area contributed by atoms with Crippen LogP contribution in [-0.4, -0.2) is 58.8 Å². The molecule has 2 aromatic carbocycles. The molecule has 0 bridgehead atoms. The molecule has 2 aromatic rings. The number of amides is 1. The minimum atomic E-state index is -0.847. The van der Waals surface area contributed by atoms with Crippen LogP contribution < -0.4 is 0 Å². The molecule has 2 aliphatic heterocycles. The third-order valence-electron chi connectivity index (χ3n) is 5.40. The van der Waals surface area contributed by atoms with Crippen molar-refractivity contribution in [2.45, 2.75) is 42.5 Å². The maximum absolute atomic E-state index is 12.7.